The summed E-state index contributed by atoms with van der Waals surface area (Å²) in [7, 11) is 0. The first-order valence-electron chi connectivity index (χ1n) is 13.0. The third-order valence-electron chi connectivity index (χ3n) is 7.96. The number of benzene rings is 2. The van der Waals surface area contributed by atoms with Gasteiger partial charge in [-0.2, -0.15) is 5.26 Å². The van der Waals surface area contributed by atoms with Crippen LogP contribution in [0.1, 0.15) is 86.2 Å². The van der Waals surface area contributed by atoms with Crippen molar-refractivity contribution in [1.82, 2.24) is 9.80 Å². The van der Waals surface area contributed by atoms with Crippen molar-refractivity contribution in [3.05, 3.63) is 64.2 Å². The molecule has 1 aliphatic carbocycles. The van der Waals surface area contributed by atoms with E-state index in [0.717, 1.165) is 61.0 Å². The van der Waals surface area contributed by atoms with Crippen LogP contribution in [0.3, 0.4) is 0 Å². The highest BCUT2D eigenvalue weighted by Crippen LogP contribution is 2.44. The first-order chi connectivity index (χ1) is 17.1. The van der Waals surface area contributed by atoms with E-state index in [1.54, 1.807) is 17.0 Å². The molecule has 6 heteroatoms. The molecule has 0 bridgehead atoms. The molecule has 0 N–H and O–H groups in total. The Kier molecular flexibility index (Phi) is 6.51. The van der Waals surface area contributed by atoms with Gasteiger partial charge in [-0.3, -0.25) is 9.69 Å². The van der Waals surface area contributed by atoms with Crippen LogP contribution in [0.4, 0.5) is 4.79 Å². The van der Waals surface area contributed by atoms with Gasteiger partial charge >= 0.3 is 6.03 Å². The van der Waals surface area contributed by atoms with Crippen molar-refractivity contribution < 1.29 is 14.3 Å². The zero-order valence-corrected chi connectivity index (χ0v) is 20.6. The Balaban J connectivity index is 1.43. The van der Waals surface area contributed by atoms with E-state index in [4.69, 9.17) is 10.00 Å². The van der Waals surface area contributed by atoms with Crippen LogP contribution in [-0.2, 0) is 24.2 Å². The highest BCUT2D eigenvalue weighted by atomic mass is 16.5. The minimum Gasteiger partial charge on any atom is -0.489 e. The summed E-state index contributed by atoms with van der Waals surface area (Å²) in [6.45, 7) is 4.63. The highest BCUT2D eigenvalue weighted by Gasteiger charge is 2.53. The summed E-state index contributed by atoms with van der Waals surface area (Å²) in [4.78, 5) is 30.6. The van der Waals surface area contributed by atoms with Crippen LogP contribution in [0.15, 0.2) is 36.4 Å². The van der Waals surface area contributed by atoms with Crippen molar-refractivity contribution in [3.8, 4) is 11.8 Å². The van der Waals surface area contributed by atoms with Gasteiger partial charge in [-0.05, 0) is 66.1 Å². The second-order valence-electron chi connectivity index (χ2n) is 9.89. The Bertz CT molecular complexity index is 1160. The maximum absolute atomic E-state index is 13.6. The lowest BCUT2D eigenvalue weighted by Crippen LogP contribution is -2.44. The van der Waals surface area contributed by atoms with E-state index >= 15 is 0 Å². The van der Waals surface area contributed by atoms with Crippen LogP contribution in [0.5, 0.6) is 5.75 Å². The van der Waals surface area contributed by atoms with Gasteiger partial charge in [-0.1, -0.05) is 51.3 Å². The molecule has 0 aromatic heterocycles. The lowest BCUT2D eigenvalue weighted by atomic mass is 9.83. The van der Waals surface area contributed by atoms with Crippen LogP contribution in [0, 0.1) is 11.3 Å². The van der Waals surface area contributed by atoms with Crippen LogP contribution in [0.2, 0.25) is 0 Å². The lowest BCUT2D eigenvalue weighted by molar-refractivity contribution is -0.130. The monoisotopic (exact) mass is 471 g/mol. The summed E-state index contributed by atoms with van der Waals surface area (Å²) in [5, 5.41) is 9.02. The van der Waals surface area contributed by atoms with Gasteiger partial charge in [-0.25, -0.2) is 4.79 Å². The van der Waals surface area contributed by atoms with Crippen molar-refractivity contribution in [2.45, 2.75) is 89.9 Å². The van der Waals surface area contributed by atoms with Gasteiger partial charge in [0, 0.05) is 12.5 Å². The molecule has 1 saturated heterocycles. The van der Waals surface area contributed by atoms with Gasteiger partial charge < -0.3 is 9.64 Å². The number of hydrogen-bond acceptors (Lipinski definition) is 4. The van der Waals surface area contributed by atoms with Crippen molar-refractivity contribution in [2.24, 2.45) is 0 Å². The van der Waals surface area contributed by atoms with E-state index in [-0.39, 0.29) is 24.0 Å². The molecule has 3 amide bonds. The Labute approximate surface area is 207 Å². The van der Waals surface area contributed by atoms with Crippen LogP contribution in [0.25, 0.3) is 0 Å². The predicted octanol–water partition coefficient (Wildman–Crippen LogP) is 5.67. The molecule has 2 fully saturated rings. The summed E-state index contributed by atoms with van der Waals surface area (Å²) in [6, 6.07) is 13.1. The number of ether oxygens (including phenoxy) is 1. The molecular formula is C29H33N3O3. The second-order valence-corrected chi connectivity index (χ2v) is 9.89. The number of carbonyl (C=O) groups is 2. The van der Waals surface area contributed by atoms with Crippen molar-refractivity contribution >= 4 is 11.9 Å². The quantitative estimate of drug-likeness (QED) is 0.509. The van der Waals surface area contributed by atoms with Gasteiger partial charge in [0.05, 0.1) is 17.7 Å². The lowest BCUT2D eigenvalue weighted by Gasteiger charge is -2.38. The van der Waals surface area contributed by atoms with E-state index in [9.17, 15) is 9.59 Å². The Morgan fingerprint density at radius 1 is 1.03 bits per heavy atom. The summed E-state index contributed by atoms with van der Waals surface area (Å²) in [5.74, 6) is 0.816. The first kappa shape index (κ1) is 23.4. The molecule has 5 rings (SSSR count). The number of nitriles is 1. The number of hydrogen-bond donors (Lipinski definition) is 0. The topological polar surface area (TPSA) is 73.6 Å². The normalized spacial score (nSPS) is 22.1. The molecule has 2 atom stereocenters. The highest BCUT2D eigenvalue weighted by molar-refractivity contribution is 6.05. The van der Waals surface area contributed by atoms with Crippen LogP contribution in [-0.4, -0.2) is 33.8 Å². The Morgan fingerprint density at radius 3 is 2.43 bits per heavy atom. The van der Waals surface area contributed by atoms with Gasteiger partial charge in [0.15, 0.2) is 0 Å². The van der Waals surface area contributed by atoms with Gasteiger partial charge in [-0.15, -0.1) is 0 Å². The number of imide groups is 1. The van der Waals surface area contributed by atoms with Crippen molar-refractivity contribution in [3.63, 3.8) is 0 Å². The number of nitrogens with zero attached hydrogens (tertiary/aromatic N) is 3. The van der Waals surface area contributed by atoms with Crippen molar-refractivity contribution in [1.29, 1.82) is 5.26 Å². The molecule has 3 aliphatic rings. The third-order valence-corrected chi connectivity index (χ3v) is 7.96. The van der Waals surface area contributed by atoms with Gasteiger partial charge in [0.1, 0.15) is 18.4 Å². The minimum atomic E-state index is -0.416. The molecule has 0 unspecified atom stereocenters. The molecule has 2 aliphatic heterocycles. The van der Waals surface area contributed by atoms with Crippen molar-refractivity contribution in [2.75, 3.05) is 0 Å². The predicted molar refractivity (Wildman–Crippen MR) is 133 cm³/mol. The largest absolute Gasteiger partial charge is 0.489 e. The molecular weight excluding hydrogens is 438 g/mol. The Hall–Kier alpha value is -3.33. The fraction of sp³-hybridized carbons (Fsp3) is 0.483. The van der Waals surface area contributed by atoms with E-state index < -0.39 is 6.04 Å². The van der Waals surface area contributed by atoms with E-state index in [0.29, 0.717) is 18.6 Å². The average Bonchev–Trinajstić information content (AvgIpc) is 3.15. The number of fused-ring (bicyclic) bond motifs is 2. The molecule has 2 heterocycles. The maximum Gasteiger partial charge on any atom is 0.328 e. The fourth-order valence-corrected chi connectivity index (χ4v) is 6.21. The summed E-state index contributed by atoms with van der Waals surface area (Å²) >= 11 is 0. The molecule has 35 heavy (non-hydrogen) atoms. The summed E-state index contributed by atoms with van der Waals surface area (Å²) in [5.41, 5.74) is 5.08. The average molecular weight is 472 g/mol. The zero-order valence-electron chi connectivity index (χ0n) is 20.6. The molecule has 2 aromatic carbocycles. The number of urea groups is 1. The number of amides is 3. The minimum absolute atomic E-state index is 0.0167. The Morgan fingerprint density at radius 2 is 1.77 bits per heavy atom. The third kappa shape index (κ3) is 4.07. The number of carbonyl (C=O) groups excluding carboxylic acids is 2. The van der Waals surface area contributed by atoms with E-state index in [2.05, 4.69) is 26.0 Å². The smallest absolute Gasteiger partial charge is 0.328 e. The fourth-order valence-electron chi connectivity index (χ4n) is 6.21. The first-order valence-corrected chi connectivity index (χ1v) is 13.0. The number of rotatable bonds is 6. The standard InChI is InChI=1S/C29H33N3O3/c1-3-22-24-16-26-28(33)31(21-8-6-5-7-9-21)29(34)32(26)25(4-2)23(24)14-15-27(22)35-18-20-12-10-19(17-30)11-13-20/h10-15,21,25-26H,3-9,16,18H2,1-2H3/t25-,26+/m1/s1. The maximum atomic E-state index is 13.6. The second kappa shape index (κ2) is 9.73. The molecule has 0 radical (unpaired) electrons. The molecule has 2 aromatic rings. The van der Waals surface area contributed by atoms with Gasteiger partial charge in [0.25, 0.3) is 5.91 Å². The molecule has 182 valence electrons. The molecule has 1 saturated carbocycles. The SMILES string of the molecule is CCc1c(OCc2ccc(C#N)cc2)ccc2c1C[C@H]1C(=O)N(C3CCCCC3)C(=O)N1[C@@H]2CC. The van der Waals surface area contributed by atoms with E-state index in [1.807, 2.05) is 23.1 Å². The summed E-state index contributed by atoms with van der Waals surface area (Å²) < 4.78 is 6.24. The molecule has 6 nitrogen and oxygen atoms in total. The van der Waals surface area contributed by atoms with Crippen LogP contribution >= 0.6 is 0 Å². The zero-order chi connectivity index (χ0) is 24.5. The van der Waals surface area contributed by atoms with Crippen LogP contribution < -0.4 is 4.74 Å². The van der Waals surface area contributed by atoms with Gasteiger partial charge in [0.2, 0.25) is 0 Å². The molecule has 0 spiro atoms. The van der Waals surface area contributed by atoms with E-state index in [1.165, 1.54) is 12.0 Å². The summed E-state index contributed by atoms with van der Waals surface area (Å²) in [6.07, 6.45) is 7.34.